The molecule has 1 aliphatic heterocycles. The van der Waals surface area contributed by atoms with Crippen molar-refractivity contribution < 1.29 is 37.3 Å². The number of hydrogen-bond acceptors (Lipinski definition) is 6. The summed E-state index contributed by atoms with van der Waals surface area (Å²) < 4.78 is 47.7. The number of phenols is 1. The van der Waals surface area contributed by atoms with Crippen LogP contribution in [0.5, 0.6) is 11.5 Å². The van der Waals surface area contributed by atoms with E-state index in [4.69, 9.17) is 4.74 Å². The Morgan fingerprint density at radius 2 is 1.98 bits per heavy atom. The minimum Gasteiger partial charge on any atom is -0.508 e. The molecule has 40 heavy (non-hydrogen) atoms. The van der Waals surface area contributed by atoms with Gasteiger partial charge in [-0.2, -0.15) is 0 Å². The molecule has 1 amide bonds. The molecule has 0 bridgehead atoms. The van der Waals surface area contributed by atoms with Gasteiger partial charge in [-0.3, -0.25) is 14.5 Å². The van der Waals surface area contributed by atoms with Crippen LogP contribution in [0.4, 0.5) is 13.2 Å². The number of esters is 1. The molecular weight excluding hydrogens is 525 g/mol. The lowest BCUT2D eigenvalue weighted by Gasteiger charge is -2.59. The van der Waals surface area contributed by atoms with Crippen LogP contribution < -0.4 is 10.1 Å². The van der Waals surface area contributed by atoms with Gasteiger partial charge in [0.15, 0.2) is 0 Å². The molecule has 1 saturated carbocycles. The lowest BCUT2D eigenvalue weighted by atomic mass is 9.55. The number of likely N-dealkylation sites (tertiary alicyclic amines) is 1. The van der Waals surface area contributed by atoms with Gasteiger partial charge in [0.1, 0.15) is 17.1 Å². The molecule has 7 nitrogen and oxygen atoms in total. The quantitative estimate of drug-likeness (QED) is 0.266. The monoisotopic (exact) mass is 558 g/mol. The highest BCUT2D eigenvalue weighted by Crippen LogP contribution is 2.54. The van der Waals surface area contributed by atoms with Crippen LogP contribution in [0.2, 0.25) is 0 Å². The number of hydrogen-bond donors (Lipinski definition) is 2. The predicted octanol–water partition coefficient (Wildman–Crippen LogP) is 5.10. The molecule has 4 rings (SSSR count). The van der Waals surface area contributed by atoms with Crippen molar-refractivity contribution in [1.82, 2.24) is 10.2 Å². The molecule has 0 spiro atoms. The lowest BCUT2D eigenvalue weighted by Crippen LogP contribution is -2.68. The molecule has 3 atom stereocenters. The van der Waals surface area contributed by atoms with Gasteiger partial charge in [-0.05, 0) is 73.7 Å². The number of rotatable bonds is 8. The number of benzene rings is 2. The van der Waals surface area contributed by atoms with E-state index in [1.54, 1.807) is 24.3 Å². The van der Waals surface area contributed by atoms with Crippen LogP contribution in [-0.4, -0.2) is 59.5 Å². The molecule has 0 radical (unpaired) electrons. The minimum atomic E-state index is -4.81. The molecule has 2 aromatic rings. The van der Waals surface area contributed by atoms with Gasteiger partial charge in [0, 0.05) is 37.5 Å². The zero-order valence-corrected chi connectivity index (χ0v) is 22.2. The van der Waals surface area contributed by atoms with Crippen LogP contribution in [0.1, 0.15) is 43.7 Å². The summed E-state index contributed by atoms with van der Waals surface area (Å²) in [7, 11) is 0. The number of carbonyl (C=O) groups is 2. The van der Waals surface area contributed by atoms with Crippen LogP contribution >= 0.6 is 0 Å². The molecule has 0 aromatic heterocycles. The number of alkyl halides is 3. The van der Waals surface area contributed by atoms with Crippen molar-refractivity contribution in [3.63, 3.8) is 0 Å². The fourth-order valence-electron chi connectivity index (χ4n) is 6.19. The lowest BCUT2D eigenvalue weighted by molar-refractivity contribution is -0.274. The maximum Gasteiger partial charge on any atom is 0.573 e. The zero-order chi connectivity index (χ0) is 29.0. The molecule has 2 fully saturated rings. The summed E-state index contributed by atoms with van der Waals surface area (Å²) in [5, 5.41) is 13.3. The summed E-state index contributed by atoms with van der Waals surface area (Å²) in [6, 6.07) is 12.0. The summed E-state index contributed by atoms with van der Waals surface area (Å²) in [4.78, 5) is 27.5. The molecule has 3 unspecified atom stereocenters. The Hall–Kier alpha value is -3.79. The van der Waals surface area contributed by atoms with E-state index < -0.39 is 29.3 Å². The van der Waals surface area contributed by atoms with E-state index in [9.17, 15) is 27.9 Å². The topological polar surface area (TPSA) is 88.1 Å². The number of nitrogens with zero attached hydrogens (tertiary/aromatic N) is 1. The molecule has 10 heteroatoms. The molecule has 214 valence electrons. The number of amides is 1. The van der Waals surface area contributed by atoms with Gasteiger partial charge in [0.2, 0.25) is 5.91 Å². The highest BCUT2D eigenvalue weighted by atomic mass is 19.4. The van der Waals surface area contributed by atoms with E-state index >= 15 is 0 Å². The van der Waals surface area contributed by atoms with Crippen LogP contribution in [0.15, 0.2) is 67.3 Å². The zero-order valence-electron chi connectivity index (χ0n) is 22.2. The number of ether oxygens (including phenoxy) is 2. The van der Waals surface area contributed by atoms with Crippen molar-refractivity contribution in [3.05, 3.63) is 78.4 Å². The smallest absolute Gasteiger partial charge is 0.508 e. The van der Waals surface area contributed by atoms with Gasteiger partial charge in [0.25, 0.3) is 0 Å². The Balaban J connectivity index is 1.57. The van der Waals surface area contributed by atoms with Crippen LogP contribution in [0.3, 0.4) is 0 Å². The fourth-order valence-corrected chi connectivity index (χ4v) is 6.19. The molecule has 1 saturated heterocycles. The van der Waals surface area contributed by atoms with Crippen molar-refractivity contribution >= 4 is 18.0 Å². The summed E-state index contributed by atoms with van der Waals surface area (Å²) >= 11 is 0. The first-order valence-corrected chi connectivity index (χ1v) is 13.1. The molecule has 2 N–H and O–H groups in total. The standard InChI is InChI=1S/C30H33F3N2O5/c1-3-15-35-16-14-28(23-7-5-8-25(37)18-23)19-24(12-13-29(28,20-35)39-21(2)36)34-27(38)11-10-22-6-4-9-26(17-22)40-30(31,32)33/h3-11,17-18,24,37H,1,12-16,19-20H2,2H3,(H,34,38)/b11-10+. The first kappa shape index (κ1) is 29.2. The van der Waals surface area contributed by atoms with E-state index in [1.807, 2.05) is 12.1 Å². The van der Waals surface area contributed by atoms with Gasteiger partial charge >= 0.3 is 12.3 Å². The summed E-state index contributed by atoms with van der Waals surface area (Å²) in [6.45, 7) is 7.07. The fraction of sp³-hybridized carbons (Fsp3) is 0.400. The largest absolute Gasteiger partial charge is 0.573 e. The number of aromatic hydroxyl groups is 1. The van der Waals surface area contributed by atoms with E-state index in [-0.39, 0.29) is 17.5 Å². The summed E-state index contributed by atoms with van der Waals surface area (Å²) in [5.41, 5.74) is -0.328. The van der Waals surface area contributed by atoms with Crippen molar-refractivity contribution in [2.45, 2.75) is 56.0 Å². The second kappa shape index (κ2) is 11.8. The first-order chi connectivity index (χ1) is 18.9. The Labute approximate surface area is 231 Å². The van der Waals surface area contributed by atoms with E-state index in [0.717, 1.165) is 5.56 Å². The van der Waals surface area contributed by atoms with Crippen molar-refractivity contribution in [3.8, 4) is 11.5 Å². The Kier molecular flexibility index (Phi) is 8.58. The molecule has 2 aliphatic rings. The van der Waals surface area contributed by atoms with Gasteiger partial charge in [0.05, 0.1) is 0 Å². The molecular formula is C30H33F3N2O5. The molecule has 2 aromatic carbocycles. The number of halogens is 3. The normalized spacial score (nSPS) is 25.1. The third kappa shape index (κ3) is 6.67. The maximum absolute atomic E-state index is 12.9. The molecule has 1 heterocycles. The van der Waals surface area contributed by atoms with Crippen molar-refractivity contribution in [2.75, 3.05) is 19.6 Å². The number of carbonyl (C=O) groups excluding carboxylic acids is 2. The third-order valence-corrected chi connectivity index (χ3v) is 7.69. The van der Waals surface area contributed by atoms with Gasteiger partial charge < -0.3 is 19.9 Å². The van der Waals surface area contributed by atoms with Gasteiger partial charge in [-0.1, -0.05) is 30.3 Å². The number of piperidine rings is 1. The van der Waals surface area contributed by atoms with Crippen LogP contribution in [0.25, 0.3) is 6.08 Å². The van der Waals surface area contributed by atoms with Gasteiger partial charge in [-0.15, -0.1) is 19.8 Å². The van der Waals surface area contributed by atoms with Crippen molar-refractivity contribution in [1.29, 1.82) is 0 Å². The second-order valence-electron chi connectivity index (χ2n) is 10.4. The minimum absolute atomic E-state index is 0.1000. The number of nitrogens with one attached hydrogen (secondary N) is 1. The number of fused-ring (bicyclic) bond motifs is 1. The molecule has 1 aliphatic carbocycles. The van der Waals surface area contributed by atoms with Crippen LogP contribution in [0, 0.1) is 0 Å². The van der Waals surface area contributed by atoms with E-state index in [0.29, 0.717) is 50.9 Å². The third-order valence-electron chi connectivity index (χ3n) is 7.69. The average molecular weight is 559 g/mol. The van der Waals surface area contributed by atoms with E-state index in [1.165, 1.54) is 37.3 Å². The maximum atomic E-state index is 12.9. The SMILES string of the molecule is C=CCN1CCC2(c3cccc(O)c3)CC(NC(=O)/C=C/c3cccc(OC(F)(F)F)c3)CCC2(OC(C)=O)C1. The first-order valence-electron chi connectivity index (χ1n) is 13.1. The Bertz CT molecular complexity index is 1280. The predicted molar refractivity (Wildman–Crippen MR) is 143 cm³/mol. The Morgan fingerprint density at radius 1 is 1.20 bits per heavy atom. The highest BCUT2D eigenvalue weighted by molar-refractivity contribution is 5.92. The average Bonchev–Trinajstić information content (AvgIpc) is 2.87. The van der Waals surface area contributed by atoms with Crippen molar-refractivity contribution in [2.24, 2.45) is 0 Å². The highest BCUT2D eigenvalue weighted by Gasteiger charge is 2.60. The second-order valence-corrected chi connectivity index (χ2v) is 10.4. The van der Waals surface area contributed by atoms with E-state index in [2.05, 4.69) is 21.5 Å². The summed E-state index contributed by atoms with van der Waals surface area (Å²) in [6.07, 6.45) is 1.83. The van der Waals surface area contributed by atoms with Gasteiger partial charge in [-0.25, -0.2) is 0 Å². The summed E-state index contributed by atoms with van der Waals surface area (Å²) in [5.74, 6) is -1.07. The Morgan fingerprint density at radius 3 is 2.67 bits per heavy atom. The number of phenolic OH excluding ortho intramolecular Hbond substituents is 1. The van der Waals surface area contributed by atoms with Crippen LogP contribution in [-0.2, 0) is 19.7 Å².